The second-order valence-corrected chi connectivity index (χ2v) is 3.80. The predicted octanol–water partition coefficient (Wildman–Crippen LogP) is 0.0346. The molecule has 0 aromatic rings. The molecule has 1 amide bonds. The molecule has 0 aliphatic heterocycles. The summed E-state index contributed by atoms with van der Waals surface area (Å²) in [4.78, 5) is 11.6. The largest absolute Gasteiger partial charge is 0.395 e. The van der Waals surface area contributed by atoms with E-state index in [0.717, 1.165) is 25.7 Å². The number of nitrogens with one attached hydrogen (secondary N) is 2. The molecular weight excluding hydrogens is 206 g/mol. The summed E-state index contributed by atoms with van der Waals surface area (Å²) in [7, 11) is 0. The fourth-order valence-electron chi connectivity index (χ4n) is 1.72. The number of rotatable bonds is 5. The van der Waals surface area contributed by atoms with E-state index in [1.807, 2.05) is 6.07 Å². The van der Waals surface area contributed by atoms with Gasteiger partial charge in [-0.2, -0.15) is 5.26 Å². The lowest BCUT2D eigenvalue weighted by Crippen LogP contribution is -2.34. The standard InChI is InChI=1S/C11H17N3O2/c12-7-9(8-13-5-6-15)11(16)14-10-3-1-2-4-10/h8,10,13,15H,1-6H2,(H,14,16)/b9-8-. The van der Waals surface area contributed by atoms with Gasteiger partial charge in [0.1, 0.15) is 11.6 Å². The van der Waals surface area contributed by atoms with E-state index in [4.69, 9.17) is 10.4 Å². The van der Waals surface area contributed by atoms with Crippen molar-refractivity contribution in [2.75, 3.05) is 13.2 Å². The van der Waals surface area contributed by atoms with E-state index in [-0.39, 0.29) is 24.1 Å². The molecule has 0 radical (unpaired) electrons. The number of aliphatic hydroxyl groups excluding tert-OH is 1. The molecule has 16 heavy (non-hydrogen) atoms. The zero-order valence-corrected chi connectivity index (χ0v) is 9.20. The molecule has 0 aromatic heterocycles. The molecule has 0 heterocycles. The van der Waals surface area contributed by atoms with E-state index in [1.165, 1.54) is 6.20 Å². The van der Waals surface area contributed by atoms with Crippen molar-refractivity contribution in [3.63, 3.8) is 0 Å². The van der Waals surface area contributed by atoms with Crippen molar-refractivity contribution in [3.8, 4) is 6.07 Å². The van der Waals surface area contributed by atoms with Crippen molar-refractivity contribution in [1.29, 1.82) is 5.26 Å². The van der Waals surface area contributed by atoms with Crippen molar-refractivity contribution in [2.24, 2.45) is 0 Å². The molecule has 1 rings (SSSR count). The van der Waals surface area contributed by atoms with Crippen molar-refractivity contribution < 1.29 is 9.90 Å². The van der Waals surface area contributed by atoms with Crippen LogP contribution in [-0.4, -0.2) is 30.2 Å². The Morgan fingerprint density at radius 3 is 2.75 bits per heavy atom. The predicted molar refractivity (Wildman–Crippen MR) is 59.2 cm³/mol. The first-order valence-electron chi connectivity index (χ1n) is 5.53. The Balaban J connectivity index is 2.42. The fraction of sp³-hybridized carbons (Fsp3) is 0.636. The van der Waals surface area contributed by atoms with E-state index in [9.17, 15) is 4.79 Å². The van der Waals surface area contributed by atoms with E-state index in [1.54, 1.807) is 0 Å². The van der Waals surface area contributed by atoms with Crippen LogP contribution in [0.2, 0.25) is 0 Å². The van der Waals surface area contributed by atoms with Crippen LogP contribution in [-0.2, 0) is 4.79 Å². The highest BCUT2D eigenvalue weighted by Crippen LogP contribution is 2.17. The quantitative estimate of drug-likeness (QED) is 0.349. The number of hydrogen-bond acceptors (Lipinski definition) is 4. The molecule has 0 saturated heterocycles. The summed E-state index contributed by atoms with van der Waals surface area (Å²) in [6.07, 6.45) is 5.61. The molecule has 0 bridgehead atoms. The number of carbonyl (C=O) groups excluding carboxylic acids is 1. The molecule has 3 N–H and O–H groups in total. The van der Waals surface area contributed by atoms with Gasteiger partial charge in [-0.25, -0.2) is 0 Å². The minimum Gasteiger partial charge on any atom is -0.395 e. The summed E-state index contributed by atoms with van der Waals surface area (Å²) < 4.78 is 0. The topological polar surface area (TPSA) is 85.2 Å². The van der Waals surface area contributed by atoms with Gasteiger partial charge in [-0.3, -0.25) is 4.79 Å². The van der Waals surface area contributed by atoms with Gasteiger partial charge in [0.2, 0.25) is 0 Å². The van der Waals surface area contributed by atoms with Gasteiger partial charge in [-0.15, -0.1) is 0 Å². The van der Waals surface area contributed by atoms with Gasteiger partial charge < -0.3 is 15.7 Å². The number of aliphatic hydroxyl groups is 1. The van der Waals surface area contributed by atoms with E-state index >= 15 is 0 Å². The van der Waals surface area contributed by atoms with Crippen LogP contribution in [0.5, 0.6) is 0 Å². The molecule has 1 aliphatic rings. The normalized spacial score (nSPS) is 16.9. The van der Waals surface area contributed by atoms with Gasteiger partial charge in [-0.1, -0.05) is 12.8 Å². The van der Waals surface area contributed by atoms with E-state index < -0.39 is 0 Å². The lowest BCUT2D eigenvalue weighted by atomic mass is 10.2. The Bertz CT molecular complexity index is 301. The first-order chi connectivity index (χ1) is 7.77. The zero-order chi connectivity index (χ0) is 11.8. The second-order valence-electron chi connectivity index (χ2n) is 3.80. The molecule has 0 atom stereocenters. The van der Waals surface area contributed by atoms with Crippen LogP contribution in [0.3, 0.4) is 0 Å². The third-order valence-electron chi connectivity index (χ3n) is 2.56. The maximum absolute atomic E-state index is 11.6. The molecule has 0 spiro atoms. The molecule has 5 nitrogen and oxygen atoms in total. The Hall–Kier alpha value is -1.54. The Labute approximate surface area is 95.1 Å². The summed E-state index contributed by atoms with van der Waals surface area (Å²) in [5.74, 6) is -0.333. The number of nitriles is 1. The first kappa shape index (κ1) is 12.5. The summed E-state index contributed by atoms with van der Waals surface area (Å²) in [5, 5.41) is 22.9. The maximum atomic E-state index is 11.6. The summed E-state index contributed by atoms with van der Waals surface area (Å²) >= 11 is 0. The number of carbonyl (C=O) groups is 1. The molecule has 0 aromatic carbocycles. The van der Waals surface area contributed by atoms with Gasteiger partial charge in [0, 0.05) is 18.8 Å². The van der Waals surface area contributed by atoms with Crippen LogP contribution in [0.15, 0.2) is 11.8 Å². The monoisotopic (exact) mass is 223 g/mol. The van der Waals surface area contributed by atoms with Crippen LogP contribution >= 0.6 is 0 Å². The molecule has 1 saturated carbocycles. The number of amides is 1. The molecule has 5 heteroatoms. The average Bonchev–Trinajstić information content (AvgIpc) is 2.77. The minimum atomic E-state index is -0.333. The zero-order valence-electron chi connectivity index (χ0n) is 9.20. The molecule has 88 valence electrons. The third kappa shape index (κ3) is 3.91. The lowest BCUT2D eigenvalue weighted by molar-refractivity contribution is -0.117. The van der Waals surface area contributed by atoms with Crippen LogP contribution < -0.4 is 10.6 Å². The summed E-state index contributed by atoms with van der Waals surface area (Å²) in [5.41, 5.74) is 0.0559. The second kappa shape index (κ2) is 6.85. The third-order valence-corrected chi connectivity index (χ3v) is 2.56. The molecule has 0 unspecified atom stereocenters. The lowest BCUT2D eigenvalue weighted by Gasteiger charge is -2.10. The van der Waals surface area contributed by atoms with E-state index in [0.29, 0.717) is 6.54 Å². The summed E-state index contributed by atoms with van der Waals surface area (Å²) in [6.45, 7) is 0.307. The molecule has 1 fully saturated rings. The molecular formula is C11H17N3O2. The van der Waals surface area contributed by atoms with E-state index in [2.05, 4.69) is 10.6 Å². The summed E-state index contributed by atoms with van der Waals surface area (Å²) in [6, 6.07) is 2.05. The van der Waals surface area contributed by atoms with Crippen LogP contribution in [0, 0.1) is 11.3 Å². The van der Waals surface area contributed by atoms with Crippen LogP contribution in [0.1, 0.15) is 25.7 Å². The highest BCUT2D eigenvalue weighted by molar-refractivity contribution is 5.97. The van der Waals surface area contributed by atoms with Crippen molar-refractivity contribution in [2.45, 2.75) is 31.7 Å². The van der Waals surface area contributed by atoms with Crippen molar-refractivity contribution in [3.05, 3.63) is 11.8 Å². The molecule has 1 aliphatic carbocycles. The van der Waals surface area contributed by atoms with Gasteiger partial charge in [0.25, 0.3) is 5.91 Å². The average molecular weight is 223 g/mol. The van der Waals surface area contributed by atoms with Gasteiger partial charge in [0.05, 0.1) is 6.61 Å². The number of nitrogens with zero attached hydrogens (tertiary/aromatic N) is 1. The highest BCUT2D eigenvalue weighted by atomic mass is 16.3. The number of hydrogen-bond donors (Lipinski definition) is 3. The van der Waals surface area contributed by atoms with Gasteiger partial charge in [-0.05, 0) is 12.8 Å². The fourth-order valence-corrected chi connectivity index (χ4v) is 1.72. The maximum Gasteiger partial charge on any atom is 0.263 e. The highest BCUT2D eigenvalue weighted by Gasteiger charge is 2.18. The minimum absolute atomic E-state index is 0.0283. The van der Waals surface area contributed by atoms with Gasteiger partial charge >= 0.3 is 0 Å². The Kier molecular flexibility index (Phi) is 5.37. The smallest absolute Gasteiger partial charge is 0.263 e. The van der Waals surface area contributed by atoms with Gasteiger partial charge in [0.15, 0.2) is 0 Å². The Morgan fingerprint density at radius 2 is 2.19 bits per heavy atom. The first-order valence-corrected chi connectivity index (χ1v) is 5.53. The van der Waals surface area contributed by atoms with Crippen LogP contribution in [0.25, 0.3) is 0 Å². The SMILES string of the molecule is N#C/C(=C/NCCO)C(=O)NC1CCCC1. The Morgan fingerprint density at radius 1 is 1.50 bits per heavy atom. The van der Waals surface area contributed by atoms with Crippen molar-refractivity contribution in [1.82, 2.24) is 10.6 Å². The van der Waals surface area contributed by atoms with Crippen molar-refractivity contribution >= 4 is 5.91 Å². The van der Waals surface area contributed by atoms with Crippen LogP contribution in [0.4, 0.5) is 0 Å².